The third-order valence-electron chi connectivity index (χ3n) is 0.814. The fraction of sp³-hybridized carbons (Fsp3) is 0.500. The number of aromatic amines is 1. The van der Waals surface area contributed by atoms with Crippen LogP contribution in [0.2, 0.25) is 0 Å². The molecule has 0 aliphatic rings. The Bertz CT molecular complexity index is 138. The van der Waals surface area contributed by atoms with E-state index in [0.29, 0.717) is 6.54 Å². The first-order valence-corrected chi connectivity index (χ1v) is 2.41. The smallest absolute Gasteiger partial charge is 0.352 e. The molecule has 1 aromatic rings. The minimum absolute atomic E-state index is 0. The van der Waals surface area contributed by atoms with E-state index in [1.54, 1.807) is 0 Å². The van der Waals surface area contributed by atoms with Crippen LogP contribution < -0.4 is 5.73 Å². The Kier molecular flexibility index (Phi) is 4.61. The van der Waals surface area contributed by atoms with Gasteiger partial charge in [0, 0.05) is 0 Å². The number of H-pyrrole nitrogens is 1. The molecule has 0 atom stereocenters. The van der Waals surface area contributed by atoms with Crippen LogP contribution in [0.4, 0.5) is 0 Å². The van der Waals surface area contributed by atoms with E-state index in [-0.39, 0.29) is 22.4 Å². The zero-order valence-corrected chi connectivity index (χ0v) is 6.85. The van der Waals surface area contributed by atoms with Gasteiger partial charge in [0.15, 0.2) is 0 Å². The van der Waals surface area contributed by atoms with Gasteiger partial charge in [-0.05, 0) is 13.0 Å². The van der Waals surface area contributed by atoms with Crippen molar-refractivity contribution in [2.75, 3.05) is 6.54 Å². The van der Waals surface area contributed by atoms with Gasteiger partial charge in [-0.25, -0.2) is 0 Å². The van der Waals surface area contributed by atoms with E-state index in [9.17, 15) is 0 Å². The number of nitrogens with two attached hydrogens (primary N) is 1. The standard InChI is InChI=1S/C4H7N4.Au/c5-2-1-4-3-6-8-7-4;/h1-2,5H2,(H,6,7,8);/q-1;+1. The molecule has 3 N–H and O–H groups in total. The van der Waals surface area contributed by atoms with E-state index in [4.69, 9.17) is 5.73 Å². The molecule has 0 fully saturated rings. The van der Waals surface area contributed by atoms with Gasteiger partial charge < -0.3 is 22.1 Å². The number of rotatable bonds is 2. The van der Waals surface area contributed by atoms with Crippen LogP contribution in [0.1, 0.15) is 5.69 Å². The number of aromatic nitrogens is 3. The molecule has 0 saturated heterocycles. The third kappa shape index (κ3) is 2.76. The summed E-state index contributed by atoms with van der Waals surface area (Å²) in [7, 11) is 0. The summed E-state index contributed by atoms with van der Waals surface area (Å²) in [4.78, 5) is 0. The Hall–Kier alpha value is -0.160. The largest absolute Gasteiger partial charge is 1.00 e. The summed E-state index contributed by atoms with van der Waals surface area (Å²) in [6.07, 6.45) is 3.41. The van der Waals surface area contributed by atoms with Crippen LogP contribution >= 0.6 is 0 Å². The second-order valence-corrected chi connectivity index (χ2v) is 1.44. The van der Waals surface area contributed by atoms with Gasteiger partial charge in [0.1, 0.15) is 0 Å². The Morgan fingerprint density at radius 3 is 2.89 bits per heavy atom. The Morgan fingerprint density at radius 2 is 2.44 bits per heavy atom. The molecule has 1 heterocycles. The van der Waals surface area contributed by atoms with Crippen LogP contribution in [-0.4, -0.2) is 22.0 Å². The van der Waals surface area contributed by atoms with E-state index in [0.717, 1.165) is 12.1 Å². The molecule has 0 aliphatic carbocycles. The Morgan fingerprint density at radius 1 is 1.67 bits per heavy atom. The summed E-state index contributed by atoms with van der Waals surface area (Å²) in [6, 6.07) is 0. The fourth-order valence-corrected chi connectivity index (χ4v) is 0.452. The first kappa shape index (κ1) is 8.84. The molecule has 54 valence electrons. The van der Waals surface area contributed by atoms with Crippen molar-refractivity contribution < 1.29 is 22.4 Å². The van der Waals surface area contributed by atoms with Crippen molar-refractivity contribution in [1.82, 2.24) is 15.4 Å². The molecule has 0 unspecified atom stereocenters. The molecule has 0 amide bonds. The number of nitrogens with zero attached hydrogens (tertiary/aromatic N) is 2. The quantitative estimate of drug-likeness (QED) is 0.550. The van der Waals surface area contributed by atoms with Crippen molar-refractivity contribution >= 4 is 0 Å². The second-order valence-electron chi connectivity index (χ2n) is 1.44. The van der Waals surface area contributed by atoms with Crippen LogP contribution in [-0.2, 0) is 28.8 Å². The van der Waals surface area contributed by atoms with Gasteiger partial charge in [0.25, 0.3) is 0 Å². The topological polar surface area (TPSA) is 67.6 Å². The normalized spacial score (nSPS) is 8.56. The molecule has 0 spiro atoms. The van der Waals surface area contributed by atoms with Crippen molar-refractivity contribution in [3.63, 3.8) is 0 Å². The van der Waals surface area contributed by atoms with Gasteiger partial charge in [-0.3, -0.25) is 0 Å². The predicted octanol–water partition coefficient (Wildman–Crippen LogP) is -0.896. The Balaban J connectivity index is 0.000000640. The number of hydrogen-bond donors (Lipinski definition) is 2. The summed E-state index contributed by atoms with van der Waals surface area (Å²) in [5.41, 5.74) is 6.09. The maximum atomic E-state index is 5.22. The first-order valence-electron chi connectivity index (χ1n) is 2.41. The summed E-state index contributed by atoms with van der Waals surface area (Å²) >= 11 is 0. The molecule has 0 aromatic carbocycles. The van der Waals surface area contributed by atoms with Crippen molar-refractivity contribution in [2.24, 2.45) is 5.73 Å². The van der Waals surface area contributed by atoms with E-state index >= 15 is 0 Å². The second kappa shape index (κ2) is 4.69. The van der Waals surface area contributed by atoms with Gasteiger partial charge in [0.2, 0.25) is 0 Å². The van der Waals surface area contributed by atoms with Crippen LogP contribution in [0.15, 0.2) is 0 Å². The molecule has 0 aliphatic heterocycles. The van der Waals surface area contributed by atoms with E-state index in [1.165, 1.54) is 0 Å². The van der Waals surface area contributed by atoms with E-state index < -0.39 is 0 Å². The maximum Gasteiger partial charge on any atom is 1.00 e. The number of nitrogens with one attached hydrogen (secondary N) is 1. The van der Waals surface area contributed by atoms with Crippen LogP contribution in [0, 0.1) is 6.20 Å². The Labute approximate surface area is 68.7 Å². The number of hydrogen-bond acceptors (Lipinski definition) is 3. The molecule has 5 heteroatoms. The summed E-state index contributed by atoms with van der Waals surface area (Å²) in [5.74, 6) is 0. The fourth-order valence-electron chi connectivity index (χ4n) is 0.452. The van der Waals surface area contributed by atoms with Crippen molar-refractivity contribution in [2.45, 2.75) is 6.42 Å². The van der Waals surface area contributed by atoms with Crippen molar-refractivity contribution in [3.05, 3.63) is 11.9 Å². The molecule has 0 radical (unpaired) electrons. The average Bonchev–Trinajstić information content (AvgIpc) is 2.19. The third-order valence-corrected chi connectivity index (χ3v) is 0.814. The van der Waals surface area contributed by atoms with Crippen molar-refractivity contribution in [3.8, 4) is 0 Å². The first-order chi connectivity index (χ1) is 3.93. The average molecular weight is 308 g/mol. The summed E-state index contributed by atoms with van der Waals surface area (Å²) < 4.78 is 0. The summed E-state index contributed by atoms with van der Waals surface area (Å²) in [5, 5.41) is 9.55. The molecule has 0 bridgehead atoms. The maximum absolute atomic E-state index is 5.22. The van der Waals surface area contributed by atoms with Crippen LogP contribution in [0.3, 0.4) is 0 Å². The molecular formula is C4H7AuN4. The molecular weight excluding hydrogens is 301 g/mol. The van der Waals surface area contributed by atoms with E-state index in [2.05, 4.69) is 21.6 Å². The monoisotopic (exact) mass is 308 g/mol. The molecule has 0 saturated carbocycles. The summed E-state index contributed by atoms with van der Waals surface area (Å²) in [6.45, 7) is 0.611. The van der Waals surface area contributed by atoms with E-state index in [1.807, 2.05) is 0 Å². The van der Waals surface area contributed by atoms with Gasteiger partial charge in [-0.15, -0.1) is 10.9 Å². The van der Waals surface area contributed by atoms with Crippen molar-refractivity contribution in [1.29, 1.82) is 0 Å². The molecule has 1 rings (SSSR count). The molecule has 9 heavy (non-hydrogen) atoms. The minimum atomic E-state index is 0. The van der Waals surface area contributed by atoms with Gasteiger partial charge in [0.05, 0.1) is 0 Å². The SMILES string of the molecule is NCCc1[c-]nn[nH]1.[Au+]. The van der Waals surface area contributed by atoms with Gasteiger partial charge in [-0.2, -0.15) is 0 Å². The van der Waals surface area contributed by atoms with Gasteiger partial charge >= 0.3 is 22.4 Å². The van der Waals surface area contributed by atoms with Crippen LogP contribution in [0.5, 0.6) is 0 Å². The zero-order valence-electron chi connectivity index (χ0n) is 4.69. The minimum Gasteiger partial charge on any atom is -0.352 e. The van der Waals surface area contributed by atoms with Crippen LogP contribution in [0.25, 0.3) is 0 Å². The molecule has 1 aromatic heterocycles. The molecule has 4 nitrogen and oxygen atoms in total. The zero-order chi connectivity index (χ0) is 5.82. The van der Waals surface area contributed by atoms with Gasteiger partial charge in [-0.1, -0.05) is 0 Å². The predicted molar refractivity (Wildman–Crippen MR) is 28.0 cm³/mol.